The van der Waals surface area contributed by atoms with Gasteiger partial charge in [0.15, 0.2) is 0 Å². The Balaban J connectivity index is 2.07. The average molecular weight is 330 g/mol. The number of carboxylic acids is 1. The fraction of sp³-hybridized carbons (Fsp3) is 0.412. The number of aliphatic carboxylic acids is 1. The van der Waals surface area contributed by atoms with Crippen LogP contribution < -0.4 is 5.32 Å². The van der Waals surface area contributed by atoms with Crippen molar-refractivity contribution in [1.29, 1.82) is 0 Å². The second-order valence-electron chi connectivity index (χ2n) is 6.13. The zero-order valence-electron chi connectivity index (χ0n) is 14.1. The fourth-order valence-corrected chi connectivity index (χ4v) is 2.43. The number of benzene rings is 1. The molecule has 0 aliphatic carbocycles. The molecule has 1 amide bonds. The van der Waals surface area contributed by atoms with E-state index in [9.17, 15) is 14.7 Å². The van der Waals surface area contributed by atoms with Crippen molar-refractivity contribution < 1.29 is 14.7 Å². The normalized spacial score (nSPS) is 12.2. The molecule has 0 spiro atoms. The highest BCUT2D eigenvalue weighted by Crippen LogP contribution is 2.12. The largest absolute Gasteiger partial charge is 0.480 e. The van der Waals surface area contributed by atoms with E-state index in [0.717, 1.165) is 11.4 Å². The number of amides is 1. The van der Waals surface area contributed by atoms with Gasteiger partial charge in [0.25, 0.3) is 0 Å². The zero-order valence-corrected chi connectivity index (χ0v) is 14.1. The maximum absolute atomic E-state index is 12.2. The van der Waals surface area contributed by atoms with Gasteiger partial charge >= 0.3 is 5.97 Å². The standard InChI is InChI=1S/C17H22N4O3/c1-11(2)9-15(17(23)24)18-16(22)10-14-12(3)21(20-19-14)13-7-5-4-6-8-13/h4-8,11,15H,9-10H2,1-3H3,(H,18,22)(H,23,24). The van der Waals surface area contributed by atoms with Gasteiger partial charge in [0.1, 0.15) is 6.04 Å². The summed E-state index contributed by atoms with van der Waals surface area (Å²) in [5.74, 6) is -1.22. The van der Waals surface area contributed by atoms with Crippen LogP contribution in [-0.2, 0) is 16.0 Å². The smallest absolute Gasteiger partial charge is 0.326 e. The molecule has 0 aliphatic rings. The van der Waals surface area contributed by atoms with E-state index >= 15 is 0 Å². The lowest BCUT2D eigenvalue weighted by molar-refractivity contribution is -0.142. The van der Waals surface area contributed by atoms with Gasteiger partial charge in [-0.2, -0.15) is 0 Å². The van der Waals surface area contributed by atoms with Crippen molar-refractivity contribution >= 4 is 11.9 Å². The topological polar surface area (TPSA) is 97.1 Å². The van der Waals surface area contributed by atoms with Crippen LogP contribution in [-0.4, -0.2) is 38.0 Å². The van der Waals surface area contributed by atoms with Crippen LogP contribution in [0.25, 0.3) is 5.69 Å². The van der Waals surface area contributed by atoms with E-state index in [2.05, 4.69) is 15.6 Å². The van der Waals surface area contributed by atoms with Gasteiger partial charge in [-0.25, -0.2) is 9.48 Å². The highest BCUT2D eigenvalue weighted by molar-refractivity contribution is 5.84. The lowest BCUT2D eigenvalue weighted by Gasteiger charge is -2.16. The van der Waals surface area contributed by atoms with Crippen molar-refractivity contribution in [2.24, 2.45) is 5.92 Å². The minimum absolute atomic E-state index is 0.000538. The highest BCUT2D eigenvalue weighted by atomic mass is 16.4. The van der Waals surface area contributed by atoms with Crippen molar-refractivity contribution in [3.8, 4) is 5.69 Å². The molecule has 1 unspecified atom stereocenters. The summed E-state index contributed by atoms with van der Waals surface area (Å²) in [5.41, 5.74) is 2.15. The molecule has 1 aromatic carbocycles. The number of para-hydroxylation sites is 1. The van der Waals surface area contributed by atoms with E-state index < -0.39 is 12.0 Å². The minimum atomic E-state index is -1.03. The van der Waals surface area contributed by atoms with Crippen molar-refractivity contribution in [3.63, 3.8) is 0 Å². The second kappa shape index (κ2) is 7.72. The van der Waals surface area contributed by atoms with Crippen LogP contribution in [0.3, 0.4) is 0 Å². The van der Waals surface area contributed by atoms with Crippen LogP contribution >= 0.6 is 0 Å². The molecular weight excluding hydrogens is 308 g/mol. The lowest BCUT2D eigenvalue weighted by atomic mass is 10.0. The van der Waals surface area contributed by atoms with Crippen LogP contribution in [0.15, 0.2) is 30.3 Å². The van der Waals surface area contributed by atoms with Crippen molar-refractivity contribution in [2.75, 3.05) is 0 Å². The Bertz CT molecular complexity index is 710. The average Bonchev–Trinajstić information content (AvgIpc) is 2.88. The second-order valence-corrected chi connectivity index (χ2v) is 6.13. The Hall–Kier alpha value is -2.70. The summed E-state index contributed by atoms with van der Waals surface area (Å²) in [6.45, 7) is 5.66. The summed E-state index contributed by atoms with van der Waals surface area (Å²) >= 11 is 0. The first-order chi connectivity index (χ1) is 11.4. The quantitative estimate of drug-likeness (QED) is 0.806. The maximum atomic E-state index is 12.2. The molecule has 0 bridgehead atoms. The summed E-state index contributed by atoms with van der Waals surface area (Å²) in [6, 6.07) is 8.61. The van der Waals surface area contributed by atoms with E-state index in [1.54, 1.807) is 4.68 Å². The molecular formula is C17H22N4O3. The van der Waals surface area contributed by atoms with E-state index in [4.69, 9.17) is 0 Å². The van der Waals surface area contributed by atoms with Gasteiger partial charge in [0.2, 0.25) is 5.91 Å². The molecule has 2 rings (SSSR count). The lowest BCUT2D eigenvalue weighted by Crippen LogP contribution is -2.42. The number of rotatable bonds is 7. The molecule has 1 heterocycles. The van der Waals surface area contributed by atoms with Crippen LogP contribution in [0, 0.1) is 12.8 Å². The molecule has 24 heavy (non-hydrogen) atoms. The molecule has 0 fully saturated rings. The Morgan fingerprint density at radius 3 is 2.50 bits per heavy atom. The Morgan fingerprint density at radius 2 is 1.92 bits per heavy atom. The zero-order chi connectivity index (χ0) is 17.7. The molecule has 7 nitrogen and oxygen atoms in total. The first-order valence-electron chi connectivity index (χ1n) is 7.87. The third-order valence-corrected chi connectivity index (χ3v) is 3.66. The molecule has 0 radical (unpaired) electrons. The van der Waals surface area contributed by atoms with Crippen molar-refractivity contribution in [1.82, 2.24) is 20.3 Å². The number of nitrogens with one attached hydrogen (secondary N) is 1. The summed E-state index contributed by atoms with van der Waals surface area (Å²) in [4.78, 5) is 23.4. The molecule has 0 aliphatic heterocycles. The third-order valence-electron chi connectivity index (χ3n) is 3.66. The molecule has 7 heteroatoms. The van der Waals surface area contributed by atoms with E-state index in [0.29, 0.717) is 12.1 Å². The number of nitrogens with zero attached hydrogens (tertiary/aromatic N) is 3. The summed E-state index contributed by atoms with van der Waals surface area (Å²) < 4.78 is 1.66. The third kappa shape index (κ3) is 4.41. The number of carbonyl (C=O) groups excluding carboxylic acids is 1. The van der Waals surface area contributed by atoms with E-state index in [1.807, 2.05) is 51.1 Å². The molecule has 128 valence electrons. The van der Waals surface area contributed by atoms with Crippen LogP contribution in [0.1, 0.15) is 31.7 Å². The van der Waals surface area contributed by atoms with Gasteiger partial charge in [-0.15, -0.1) is 5.10 Å². The number of aromatic nitrogens is 3. The monoisotopic (exact) mass is 330 g/mol. The van der Waals surface area contributed by atoms with Gasteiger partial charge in [-0.3, -0.25) is 4.79 Å². The van der Waals surface area contributed by atoms with Gasteiger partial charge < -0.3 is 10.4 Å². The van der Waals surface area contributed by atoms with Crippen LogP contribution in [0.5, 0.6) is 0 Å². The van der Waals surface area contributed by atoms with Gasteiger partial charge in [-0.1, -0.05) is 37.3 Å². The van der Waals surface area contributed by atoms with Crippen LogP contribution in [0.2, 0.25) is 0 Å². The Labute approximate surface area is 140 Å². The number of carboxylic acid groups (broad SMARTS) is 1. The van der Waals surface area contributed by atoms with Gasteiger partial charge in [0.05, 0.1) is 23.5 Å². The molecule has 0 saturated carbocycles. The van der Waals surface area contributed by atoms with Crippen molar-refractivity contribution in [3.05, 3.63) is 41.7 Å². The SMILES string of the molecule is Cc1c(CC(=O)NC(CC(C)C)C(=O)O)nnn1-c1ccccc1. The molecule has 0 saturated heterocycles. The fourth-order valence-electron chi connectivity index (χ4n) is 2.43. The minimum Gasteiger partial charge on any atom is -0.480 e. The first kappa shape index (κ1) is 17.7. The first-order valence-corrected chi connectivity index (χ1v) is 7.87. The van der Waals surface area contributed by atoms with Crippen molar-refractivity contribution in [2.45, 2.75) is 39.7 Å². The van der Waals surface area contributed by atoms with Crippen LogP contribution in [0.4, 0.5) is 0 Å². The Kier molecular flexibility index (Phi) is 5.68. The summed E-state index contributed by atoms with van der Waals surface area (Å²) in [7, 11) is 0. The van der Waals surface area contributed by atoms with E-state index in [1.165, 1.54) is 0 Å². The highest BCUT2D eigenvalue weighted by Gasteiger charge is 2.22. The number of carbonyl (C=O) groups is 2. The summed E-state index contributed by atoms with van der Waals surface area (Å²) in [5, 5.41) is 19.9. The van der Waals surface area contributed by atoms with Gasteiger partial charge in [0, 0.05) is 0 Å². The summed E-state index contributed by atoms with van der Waals surface area (Å²) in [6.07, 6.45) is 0.386. The number of hydrogen-bond acceptors (Lipinski definition) is 4. The molecule has 2 aromatic rings. The molecule has 2 N–H and O–H groups in total. The molecule has 1 atom stereocenters. The molecule has 1 aromatic heterocycles. The van der Waals surface area contributed by atoms with Gasteiger partial charge in [-0.05, 0) is 31.4 Å². The predicted molar refractivity (Wildman–Crippen MR) is 88.8 cm³/mol. The van der Waals surface area contributed by atoms with E-state index in [-0.39, 0.29) is 18.2 Å². The number of hydrogen-bond donors (Lipinski definition) is 2. The maximum Gasteiger partial charge on any atom is 0.326 e. The Morgan fingerprint density at radius 1 is 1.25 bits per heavy atom. The predicted octanol–water partition coefficient (Wildman–Crippen LogP) is 1.73.